The minimum atomic E-state index is 0. The van der Waals surface area contributed by atoms with Crippen LogP contribution in [-0.4, -0.2) is 37.7 Å². The zero-order valence-electron chi connectivity index (χ0n) is 1.08. The van der Waals surface area contributed by atoms with Gasteiger partial charge in [-0.05, 0) is 0 Å². The van der Waals surface area contributed by atoms with Gasteiger partial charge in [-0.25, -0.2) is 0 Å². The van der Waals surface area contributed by atoms with Crippen molar-refractivity contribution in [2.24, 2.45) is 0 Å². The monoisotopic (exact) mass is 172 g/mol. The molecule has 0 aliphatic rings. The molecule has 28 valence electrons. The predicted molar refractivity (Wildman–Crippen MR) is 9.23 cm³/mol. The third-order valence-electron chi connectivity index (χ3n) is 0. The average Bonchev–Trinajstić information content (AvgIpc) is 1.00. The fourth-order valence-electron chi connectivity index (χ4n) is 0. The molecular weight excluding hydrogens is 171 g/mol. The Labute approximate surface area is 72.9 Å². The van der Waals surface area contributed by atoms with Crippen molar-refractivity contribution in [2.45, 2.75) is 0 Å². The Bertz CT molecular complexity index is 8.00. The first-order valence-corrected chi connectivity index (χ1v) is 0.532. The second kappa shape index (κ2) is 19.6. The third kappa shape index (κ3) is 8.95. The van der Waals surface area contributed by atoms with Crippen molar-refractivity contribution in [1.82, 2.24) is 0 Å². The average molecular weight is 173 g/mol. The van der Waals surface area contributed by atoms with E-state index in [0.29, 0.717) is 0 Å². The number of hydrogen-bond acceptors (Lipinski definition) is 1. The van der Waals surface area contributed by atoms with E-state index in [9.17, 15) is 0 Å². The summed E-state index contributed by atoms with van der Waals surface area (Å²) < 4.78 is 7.88. The molecule has 0 bridgehead atoms. The standard InChI is InChI=1S/Ca.Fe.Ni.O.2H. The summed E-state index contributed by atoms with van der Waals surface area (Å²) >= 11 is 2.62. The van der Waals surface area contributed by atoms with Crippen molar-refractivity contribution in [1.29, 1.82) is 0 Å². The Kier molecular flexibility index (Phi) is 81.0. The van der Waals surface area contributed by atoms with Gasteiger partial charge >= 0.3 is 57.0 Å². The molecule has 0 rings (SSSR count). The van der Waals surface area contributed by atoms with Crippen LogP contribution in [0.2, 0.25) is 0 Å². The second-order valence-electron chi connectivity index (χ2n) is 0. The predicted octanol–water partition coefficient (Wildman–Crippen LogP) is -1.04. The molecule has 0 unspecified atom stereocenters. The molecule has 1 nitrogen and oxygen atoms in total. The molecule has 0 amide bonds. The normalized spacial score (nSPS) is 1.50. The summed E-state index contributed by atoms with van der Waals surface area (Å²) in [5.41, 5.74) is 0. The Hall–Kier alpha value is 2.07. The first-order valence-electron chi connectivity index (χ1n) is 0.129. The first kappa shape index (κ1) is 16.6. The van der Waals surface area contributed by atoms with Crippen molar-refractivity contribution in [3.05, 3.63) is 0 Å². The molecule has 0 heterocycles. The van der Waals surface area contributed by atoms with Crippen LogP contribution in [-0.2, 0) is 36.4 Å². The topological polar surface area (TPSA) is 17.1 Å². The van der Waals surface area contributed by atoms with E-state index in [1.54, 1.807) is 0 Å². The molecule has 4 heavy (non-hydrogen) atoms. The Balaban J connectivity index is -0.00000000500. The van der Waals surface area contributed by atoms with Crippen LogP contribution in [0, 0.1) is 0 Å². The van der Waals surface area contributed by atoms with E-state index < -0.39 is 0 Å². The quantitative estimate of drug-likeness (QED) is 0.427. The van der Waals surface area contributed by atoms with Gasteiger partial charge in [0.1, 0.15) is 0 Å². The van der Waals surface area contributed by atoms with Crippen LogP contribution in [0.5, 0.6) is 0 Å². The second-order valence-corrected chi connectivity index (χ2v) is 0. The summed E-state index contributed by atoms with van der Waals surface area (Å²) in [6.45, 7) is 0. The summed E-state index contributed by atoms with van der Waals surface area (Å²) in [7, 11) is 0. The van der Waals surface area contributed by atoms with E-state index >= 15 is 0 Å². The van der Waals surface area contributed by atoms with Crippen molar-refractivity contribution in [2.75, 3.05) is 0 Å². The fourth-order valence-corrected chi connectivity index (χ4v) is 0. The molecule has 0 aliphatic carbocycles. The van der Waals surface area contributed by atoms with Gasteiger partial charge in [0.25, 0.3) is 0 Å². The van der Waals surface area contributed by atoms with E-state index in [4.69, 9.17) is 3.90 Å². The molecule has 0 fully saturated rings. The summed E-state index contributed by atoms with van der Waals surface area (Å²) in [4.78, 5) is 0. The minimum absolute atomic E-state index is 0. The maximum absolute atomic E-state index is 7.88. The molecule has 0 radical (unpaired) electrons. The third-order valence-corrected chi connectivity index (χ3v) is 0. The van der Waals surface area contributed by atoms with Crippen LogP contribution in [0.25, 0.3) is 0 Å². The van der Waals surface area contributed by atoms with Gasteiger partial charge in [0.2, 0.25) is 0 Å². The summed E-state index contributed by atoms with van der Waals surface area (Å²) in [5, 5.41) is 0. The van der Waals surface area contributed by atoms with Gasteiger partial charge in [0, 0.05) is 17.1 Å². The maximum atomic E-state index is 7.88. The SMILES string of the molecule is [CaH2].[Fe].[O]=[Ni]. The van der Waals surface area contributed by atoms with Gasteiger partial charge in [-0.1, -0.05) is 0 Å². The van der Waals surface area contributed by atoms with Crippen LogP contribution in [0.1, 0.15) is 0 Å². The molecule has 0 aromatic carbocycles. The fraction of sp³-hybridized carbons (Fsp3) is 0. The molecule has 0 N–H and O–H groups in total. The summed E-state index contributed by atoms with van der Waals surface area (Å²) in [5.74, 6) is 0. The van der Waals surface area contributed by atoms with Crippen molar-refractivity contribution < 1.29 is 36.4 Å². The zero-order valence-corrected chi connectivity index (χ0v) is 3.17. The molecule has 0 saturated carbocycles. The number of rotatable bonds is 0. The summed E-state index contributed by atoms with van der Waals surface area (Å²) in [6.07, 6.45) is 0. The molecule has 0 aromatic heterocycles. The molecule has 0 aromatic rings. The van der Waals surface area contributed by atoms with Crippen LogP contribution in [0.4, 0.5) is 0 Å². The van der Waals surface area contributed by atoms with E-state index in [1.807, 2.05) is 0 Å². The Morgan fingerprint density at radius 1 is 1.25 bits per heavy atom. The molecule has 0 aliphatic heterocycles. The first-order chi connectivity index (χ1) is 1.00. The van der Waals surface area contributed by atoms with Crippen LogP contribution in [0.3, 0.4) is 0 Å². The van der Waals surface area contributed by atoms with E-state index in [0.717, 1.165) is 0 Å². The van der Waals surface area contributed by atoms with Gasteiger partial charge < -0.3 is 0 Å². The molecule has 4 heteroatoms. The van der Waals surface area contributed by atoms with Crippen molar-refractivity contribution in [3.8, 4) is 0 Å². The van der Waals surface area contributed by atoms with Crippen molar-refractivity contribution >= 4 is 37.7 Å². The molecule has 0 atom stereocenters. The molecule has 0 spiro atoms. The van der Waals surface area contributed by atoms with E-state index in [-0.39, 0.29) is 54.8 Å². The zero-order chi connectivity index (χ0) is 2.00. The van der Waals surface area contributed by atoms with Crippen LogP contribution < -0.4 is 0 Å². The van der Waals surface area contributed by atoms with Gasteiger partial charge in [0.15, 0.2) is 0 Å². The van der Waals surface area contributed by atoms with Crippen LogP contribution >= 0.6 is 0 Å². The van der Waals surface area contributed by atoms with Gasteiger partial charge in [0.05, 0.1) is 0 Å². The summed E-state index contributed by atoms with van der Waals surface area (Å²) in [6, 6.07) is 0. The van der Waals surface area contributed by atoms with E-state index in [1.165, 1.54) is 0 Å². The van der Waals surface area contributed by atoms with Gasteiger partial charge in [-0.15, -0.1) is 0 Å². The molecular formula is H2CaFeNiO. The van der Waals surface area contributed by atoms with Gasteiger partial charge in [-0.3, -0.25) is 0 Å². The Morgan fingerprint density at radius 3 is 1.25 bits per heavy atom. The van der Waals surface area contributed by atoms with Gasteiger partial charge in [-0.2, -0.15) is 0 Å². The van der Waals surface area contributed by atoms with Crippen molar-refractivity contribution in [3.63, 3.8) is 0 Å². The van der Waals surface area contributed by atoms with E-state index in [2.05, 4.69) is 15.4 Å². The Morgan fingerprint density at radius 2 is 1.25 bits per heavy atom. The van der Waals surface area contributed by atoms with Crippen LogP contribution in [0.15, 0.2) is 0 Å². The molecule has 0 saturated heterocycles. The number of hydrogen-bond donors (Lipinski definition) is 0.